The van der Waals surface area contributed by atoms with Crippen LogP contribution in [0.5, 0.6) is 0 Å². The molecular formula is C30H35N7O2. The number of fused-ring (bicyclic) bond motifs is 1. The van der Waals surface area contributed by atoms with Gasteiger partial charge in [0.05, 0.1) is 11.4 Å². The van der Waals surface area contributed by atoms with Gasteiger partial charge in [0, 0.05) is 95.4 Å². The summed E-state index contributed by atoms with van der Waals surface area (Å²) in [5.74, 6) is 2.96. The minimum absolute atomic E-state index is 0.0131. The molecule has 2 atom stereocenters. The van der Waals surface area contributed by atoms with Crippen molar-refractivity contribution in [2.75, 3.05) is 52.2 Å². The quantitative estimate of drug-likeness (QED) is 0.303. The first-order valence-electron chi connectivity index (χ1n) is 13.1. The summed E-state index contributed by atoms with van der Waals surface area (Å²) < 4.78 is 1.51. The second kappa shape index (κ2) is 10.6. The average Bonchev–Trinajstić information content (AvgIpc) is 3.28. The van der Waals surface area contributed by atoms with Gasteiger partial charge in [-0.1, -0.05) is 5.92 Å². The molecule has 2 aliphatic rings. The lowest BCUT2D eigenvalue weighted by atomic mass is 10.1. The van der Waals surface area contributed by atoms with Crippen LogP contribution in [0, 0.1) is 17.6 Å². The molecule has 1 amide bonds. The zero-order valence-electron chi connectivity index (χ0n) is 23.0. The molecule has 0 radical (unpaired) electrons. The van der Waals surface area contributed by atoms with E-state index in [1.807, 2.05) is 56.6 Å². The largest absolute Gasteiger partial charge is 0.622 e. The first-order chi connectivity index (χ1) is 18.7. The van der Waals surface area contributed by atoms with E-state index >= 15 is 0 Å². The van der Waals surface area contributed by atoms with Crippen molar-refractivity contribution in [3.8, 4) is 12.3 Å². The Morgan fingerprint density at radius 3 is 2.67 bits per heavy atom. The van der Waals surface area contributed by atoms with Crippen LogP contribution in [-0.4, -0.2) is 78.6 Å². The number of pyridine rings is 1. The Kier molecular flexibility index (Phi) is 7.19. The minimum Gasteiger partial charge on any atom is -0.622 e. The fourth-order valence-electron chi connectivity index (χ4n) is 5.35. The number of nitrogens with one attached hydrogen (secondary N) is 1. The number of piperazine rings is 1. The number of hydrogen-bond donors (Lipinski definition) is 1. The van der Waals surface area contributed by atoms with Crippen LogP contribution in [0.1, 0.15) is 16.1 Å². The van der Waals surface area contributed by atoms with Crippen molar-refractivity contribution in [3.05, 3.63) is 83.1 Å². The predicted octanol–water partition coefficient (Wildman–Crippen LogP) is 3.03. The third-order valence-electron chi connectivity index (χ3n) is 7.71. The van der Waals surface area contributed by atoms with Gasteiger partial charge in [-0.2, -0.15) is 0 Å². The number of likely N-dealkylation sites (N-methyl/N-ethyl adjacent to an activating group) is 1. The summed E-state index contributed by atoms with van der Waals surface area (Å²) in [7, 11) is 7.35. The molecule has 0 bridgehead atoms. The van der Waals surface area contributed by atoms with E-state index in [-0.39, 0.29) is 11.9 Å². The molecule has 0 aliphatic carbocycles. The van der Waals surface area contributed by atoms with Gasteiger partial charge in [-0.3, -0.25) is 14.3 Å². The molecule has 1 fully saturated rings. The average molecular weight is 526 g/mol. The Morgan fingerprint density at radius 2 is 2.03 bits per heavy atom. The number of aryl methyl sites for hydroxylation is 1. The van der Waals surface area contributed by atoms with E-state index in [1.165, 1.54) is 0 Å². The van der Waals surface area contributed by atoms with Gasteiger partial charge in [0.15, 0.2) is 0 Å². The van der Waals surface area contributed by atoms with Gasteiger partial charge in [-0.05, 0) is 36.4 Å². The lowest BCUT2D eigenvalue weighted by Gasteiger charge is -2.40. The minimum atomic E-state index is -0.557. The molecule has 39 heavy (non-hydrogen) atoms. The van der Waals surface area contributed by atoms with E-state index < -0.39 is 4.65 Å². The number of terminal acetylenes is 1. The topological polar surface area (TPSA) is 79.7 Å². The number of amides is 1. The molecule has 202 valence electrons. The van der Waals surface area contributed by atoms with E-state index in [0.29, 0.717) is 30.9 Å². The van der Waals surface area contributed by atoms with Gasteiger partial charge in [-0.15, -0.1) is 6.42 Å². The number of hydrogen-bond acceptors (Lipinski definition) is 6. The number of nitrogens with zero attached hydrogens (tertiary/aromatic N) is 6. The Balaban J connectivity index is 1.34. The summed E-state index contributed by atoms with van der Waals surface area (Å²) in [5, 5.41) is 17.7. The fraction of sp³-hybridized carbons (Fsp3) is 0.333. The molecule has 3 aromatic rings. The highest BCUT2D eigenvalue weighted by Gasteiger charge is 2.29. The third kappa shape index (κ3) is 5.02. The van der Waals surface area contributed by atoms with Crippen molar-refractivity contribution >= 4 is 28.3 Å². The molecule has 1 unspecified atom stereocenters. The van der Waals surface area contributed by atoms with Crippen molar-refractivity contribution in [2.24, 2.45) is 7.05 Å². The van der Waals surface area contributed by atoms with Crippen molar-refractivity contribution < 1.29 is 4.79 Å². The van der Waals surface area contributed by atoms with Gasteiger partial charge in [-0.25, -0.2) is 4.98 Å². The zero-order chi connectivity index (χ0) is 27.7. The van der Waals surface area contributed by atoms with E-state index in [1.54, 1.807) is 31.4 Å². The van der Waals surface area contributed by atoms with Crippen LogP contribution >= 0.6 is 0 Å². The maximum absolute atomic E-state index is 13.7. The molecule has 1 N–H and O–H groups in total. The second-order valence-electron chi connectivity index (χ2n) is 10.3. The van der Waals surface area contributed by atoms with Crippen LogP contribution < -0.4 is 14.9 Å². The molecule has 5 rings (SSSR count). The van der Waals surface area contributed by atoms with Crippen molar-refractivity contribution in [3.63, 3.8) is 0 Å². The van der Waals surface area contributed by atoms with Crippen LogP contribution in [0.4, 0.5) is 11.4 Å². The Labute approximate surface area is 229 Å². The Bertz CT molecular complexity index is 1480. The lowest BCUT2D eigenvalue weighted by Crippen LogP contribution is -2.52. The summed E-state index contributed by atoms with van der Waals surface area (Å²) in [6.45, 7) is 3.27. The number of quaternary nitrogens is 1. The molecule has 2 aromatic heterocycles. The van der Waals surface area contributed by atoms with Crippen LogP contribution in [0.2, 0.25) is 0 Å². The first kappa shape index (κ1) is 26.5. The summed E-state index contributed by atoms with van der Waals surface area (Å²) in [4.78, 5) is 23.0. The predicted molar refractivity (Wildman–Crippen MR) is 157 cm³/mol. The van der Waals surface area contributed by atoms with Gasteiger partial charge in [0.25, 0.3) is 5.91 Å². The number of carbonyl (C=O) groups is 1. The zero-order valence-corrected chi connectivity index (χ0v) is 23.0. The van der Waals surface area contributed by atoms with Crippen LogP contribution in [0.25, 0.3) is 11.0 Å². The summed E-state index contributed by atoms with van der Waals surface area (Å²) in [5.41, 5.74) is 5.19. The van der Waals surface area contributed by atoms with E-state index in [4.69, 9.17) is 6.42 Å². The number of aromatic nitrogens is 2. The van der Waals surface area contributed by atoms with Gasteiger partial charge in [0.1, 0.15) is 24.1 Å². The van der Waals surface area contributed by atoms with E-state index in [2.05, 4.69) is 36.7 Å². The molecule has 9 heteroatoms. The molecular weight excluding hydrogens is 490 g/mol. The van der Waals surface area contributed by atoms with Crippen LogP contribution in [0.15, 0.2) is 66.6 Å². The SMILES string of the molecule is C#C[C@@H]1CN(c2ccc(C(=O)N(C)C)cc2)CCN1Cc1cc2c([N+]3([O-])C=CC(NC)=CC3)ccnc2n1C. The molecule has 1 aromatic carbocycles. The van der Waals surface area contributed by atoms with Gasteiger partial charge in [0.2, 0.25) is 0 Å². The van der Waals surface area contributed by atoms with Crippen LogP contribution in [-0.2, 0) is 13.6 Å². The second-order valence-corrected chi connectivity index (χ2v) is 10.3. The maximum Gasteiger partial charge on any atom is 0.253 e. The highest BCUT2D eigenvalue weighted by atomic mass is 16.5. The number of benzene rings is 1. The Morgan fingerprint density at radius 1 is 1.26 bits per heavy atom. The summed E-state index contributed by atoms with van der Waals surface area (Å²) >= 11 is 0. The highest BCUT2D eigenvalue weighted by molar-refractivity contribution is 5.94. The van der Waals surface area contributed by atoms with Gasteiger partial charge >= 0.3 is 0 Å². The number of allylic oxidation sites excluding steroid dienone is 1. The van der Waals surface area contributed by atoms with Crippen LogP contribution in [0.3, 0.4) is 0 Å². The van der Waals surface area contributed by atoms with Crippen molar-refractivity contribution in [2.45, 2.75) is 12.6 Å². The highest BCUT2D eigenvalue weighted by Crippen LogP contribution is 2.34. The number of anilines is 1. The number of carbonyl (C=O) groups excluding carboxylic acids is 1. The molecule has 9 nitrogen and oxygen atoms in total. The summed E-state index contributed by atoms with van der Waals surface area (Å²) in [6, 6.07) is 11.5. The molecule has 4 heterocycles. The van der Waals surface area contributed by atoms with E-state index in [0.717, 1.165) is 41.2 Å². The monoisotopic (exact) mass is 525 g/mol. The normalized spacial score (nSPS) is 21.5. The maximum atomic E-state index is 13.7. The summed E-state index contributed by atoms with van der Waals surface area (Å²) in [6.07, 6.45) is 13.2. The standard InChI is InChI=1S/C30H35N7O2/c1-6-24-20-36(25-9-7-22(8-10-25)30(38)33(3)4)16-15-35(24)21-26-19-27-28(11-14-32-29(27)34(26)5)37(39)17-12-23(31-2)13-18-37/h1,7-14,17,19,24,31H,15-16,18,20-21H2,2-5H3/t24-,37?/m1/s1. The lowest BCUT2D eigenvalue weighted by molar-refractivity contribution is 0.0827. The molecule has 1 saturated heterocycles. The van der Waals surface area contributed by atoms with E-state index in [9.17, 15) is 10.0 Å². The number of rotatable bonds is 6. The smallest absolute Gasteiger partial charge is 0.253 e. The third-order valence-corrected chi connectivity index (χ3v) is 7.71. The molecule has 2 aliphatic heterocycles. The molecule has 0 saturated carbocycles. The van der Waals surface area contributed by atoms with Crippen molar-refractivity contribution in [1.82, 2.24) is 29.3 Å². The molecule has 0 spiro atoms. The van der Waals surface area contributed by atoms with Crippen molar-refractivity contribution in [1.29, 1.82) is 0 Å². The Hall–Kier alpha value is -4.10. The first-order valence-corrected chi connectivity index (χ1v) is 13.1. The fourth-order valence-corrected chi connectivity index (χ4v) is 5.35. The van der Waals surface area contributed by atoms with Gasteiger partial charge < -0.3 is 24.9 Å². The number of hydroxylamine groups is 2.